The van der Waals surface area contributed by atoms with E-state index in [1.54, 1.807) is 6.92 Å². The van der Waals surface area contributed by atoms with Crippen LogP contribution >= 0.6 is 0 Å². The van der Waals surface area contributed by atoms with E-state index in [0.717, 1.165) is 16.7 Å². The van der Waals surface area contributed by atoms with Crippen molar-refractivity contribution in [3.05, 3.63) is 108 Å². The van der Waals surface area contributed by atoms with Gasteiger partial charge in [-0.3, -0.25) is 5.41 Å². The maximum atomic E-state index is 7.88. The summed E-state index contributed by atoms with van der Waals surface area (Å²) in [5, 5.41) is 7.88. The van der Waals surface area contributed by atoms with E-state index in [0.29, 0.717) is 26.4 Å². The molecule has 0 aromatic heterocycles. The zero-order valence-corrected chi connectivity index (χ0v) is 20.9. The molecule has 1 N–H and O–H groups in total. The van der Waals surface area contributed by atoms with Gasteiger partial charge >= 0.3 is 0 Å². The Hall–Kier alpha value is -3.03. The fraction of sp³-hybridized carbons (Fsp3) is 0.367. The van der Waals surface area contributed by atoms with Crippen LogP contribution in [0.5, 0.6) is 0 Å². The fourth-order valence-electron chi connectivity index (χ4n) is 4.33. The van der Waals surface area contributed by atoms with Crippen LogP contribution in [0, 0.1) is 11.3 Å². The predicted molar refractivity (Wildman–Crippen MR) is 138 cm³/mol. The van der Waals surface area contributed by atoms with Crippen molar-refractivity contribution >= 4 is 5.90 Å². The van der Waals surface area contributed by atoms with Gasteiger partial charge in [0.05, 0.1) is 32.5 Å². The van der Waals surface area contributed by atoms with Crippen LogP contribution in [0.2, 0.25) is 0 Å². The Kier molecular flexibility index (Phi) is 9.64. The first kappa shape index (κ1) is 26.0. The molecule has 1 fully saturated rings. The first-order valence-corrected chi connectivity index (χ1v) is 12.4. The van der Waals surface area contributed by atoms with Crippen molar-refractivity contribution in [1.29, 1.82) is 5.41 Å². The van der Waals surface area contributed by atoms with Crippen LogP contribution in [0.25, 0.3) is 0 Å². The minimum Gasteiger partial charge on any atom is -0.452 e. The third kappa shape index (κ3) is 7.48. The van der Waals surface area contributed by atoms with Gasteiger partial charge in [-0.05, 0) is 16.7 Å². The minimum atomic E-state index is -0.634. The zero-order chi connectivity index (χ0) is 25.2. The van der Waals surface area contributed by atoms with Crippen molar-refractivity contribution in [3.63, 3.8) is 0 Å². The number of rotatable bonds is 11. The maximum absolute atomic E-state index is 7.88. The van der Waals surface area contributed by atoms with E-state index in [1.807, 2.05) is 97.9 Å². The van der Waals surface area contributed by atoms with Crippen LogP contribution in [0.15, 0.2) is 91.0 Å². The molecule has 0 radical (unpaired) electrons. The Balaban J connectivity index is 1.52. The Morgan fingerprint density at radius 1 is 0.722 bits per heavy atom. The van der Waals surface area contributed by atoms with Crippen molar-refractivity contribution < 1.29 is 23.7 Å². The van der Waals surface area contributed by atoms with Gasteiger partial charge in [-0.1, -0.05) is 97.9 Å². The molecule has 4 rings (SSSR count). The molecule has 1 aliphatic rings. The van der Waals surface area contributed by atoms with E-state index < -0.39 is 12.4 Å². The lowest BCUT2D eigenvalue weighted by atomic mass is 9.91. The molecule has 36 heavy (non-hydrogen) atoms. The first-order chi connectivity index (χ1) is 17.6. The SMILES string of the molecule is CC(=N)O[C@H]1OC(COCc2ccccc2)[C@@H](OCc2ccccc2)C(OCc2ccccc2)C1C. The van der Waals surface area contributed by atoms with E-state index in [4.69, 9.17) is 29.1 Å². The normalized spacial score (nSPS) is 23.8. The lowest BCUT2D eigenvalue weighted by Crippen LogP contribution is -2.57. The molecule has 5 atom stereocenters. The smallest absolute Gasteiger partial charge is 0.206 e. The number of benzene rings is 3. The molecule has 1 aliphatic heterocycles. The summed E-state index contributed by atoms with van der Waals surface area (Å²) < 4.78 is 31.1. The molecule has 3 aromatic rings. The molecule has 6 nitrogen and oxygen atoms in total. The molecule has 3 aromatic carbocycles. The standard InChI is InChI=1S/C30H35NO5/c1-22-28(33-19-25-14-8-4-9-15-25)29(34-20-26-16-10-5-11-17-26)27(36-30(22)35-23(2)31)21-32-18-24-12-6-3-7-13-24/h3-17,22,27-31H,18-21H2,1-2H3/t22?,27?,28?,29-,30+/m1/s1. The average Bonchev–Trinajstić information content (AvgIpc) is 2.90. The summed E-state index contributed by atoms with van der Waals surface area (Å²) >= 11 is 0. The van der Waals surface area contributed by atoms with E-state index in [1.165, 1.54) is 0 Å². The van der Waals surface area contributed by atoms with E-state index in [-0.39, 0.29) is 24.0 Å². The minimum absolute atomic E-state index is 0.0984. The molecule has 1 saturated heterocycles. The van der Waals surface area contributed by atoms with Crippen molar-refractivity contribution in [3.8, 4) is 0 Å². The van der Waals surface area contributed by atoms with Gasteiger partial charge in [-0.2, -0.15) is 0 Å². The lowest BCUT2D eigenvalue weighted by molar-refractivity contribution is -0.285. The van der Waals surface area contributed by atoms with Crippen molar-refractivity contribution in [2.24, 2.45) is 5.92 Å². The summed E-state index contributed by atoms with van der Waals surface area (Å²) in [6, 6.07) is 30.2. The highest BCUT2D eigenvalue weighted by atomic mass is 16.7. The highest BCUT2D eigenvalue weighted by Gasteiger charge is 2.46. The molecular weight excluding hydrogens is 454 g/mol. The topological polar surface area (TPSA) is 70.0 Å². The Bertz CT molecular complexity index is 1050. The number of nitrogens with one attached hydrogen (secondary N) is 1. The maximum Gasteiger partial charge on any atom is 0.206 e. The van der Waals surface area contributed by atoms with Crippen molar-refractivity contribution in [2.75, 3.05) is 6.61 Å². The fourth-order valence-corrected chi connectivity index (χ4v) is 4.33. The van der Waals surface area contributed by atoms with E-state index in [9.17, 15) is 0 Å². The van der Waals surface area contributed by atoms with Crippen LogP contribution in [0.1, 0.15) is 30.5 Å². The van der Waals surface area contributed by atoms with Crippen molar-refractivity contribution in [2.45, 2.75) is 58.3 Å². The van der Waals surface area contributed by atoms with Gasteiger partial charge in [0, 0.05) is 12.8 Å². The second-order valence-electron chi connectivity index (χ2n) is 9.10. The van der Waals surface area contributed by atoms with Crippen LogP contribution < -0.4 is 0 Å². The van der Waals surface area contributed by atoms with E-state index >= 15 is 0 Å². The van der Waals surface area contributed by atoms with Crippen LogP contribution in [-0.4, -0.2) is 37.1 Å². The number of ether oxygens (including phenoxy) is 5. The number of hydrogen-bond acceptors (Lipinski definition) is 6. The molecular formula is C30H35NO5. The van der Waals surface area contributed by atoms with Gasteiger partial charge in [0.25, 0.3) is 0 Å². The summed E-state index contributed by atoms with van der Waals surface area (Å²) in [7, 11) is 0. The van der Waals surface area contributed by atoms with Gasteiger partial charge in [0.2, 0.25) is 6.29 Å². The predicted octanol–water partition coefficient (Wildman–Crippen LogP) is 5.75. The molecule has 0 saturated carbocycles. The Labute approximate surface area is 213 Å². The summed E-state index contributed by atoms with van der Waals surface area (Å²) in [6.07, 6.45) is -1.77. The average molecular weight is 490 g/mol. The molecule has 6 heteroatoms. The van der Waals surface area contributed by atoms with Crippen LogP contribution in [0.3, 0.4) is 0 Å². The van der Waals surface area contributed by atoms with E-state index in [2.05, 4.69) is 0 Å². The van der Waals surface area contributed by atoms with Gasteiger partial charge in [-0.25, -0.2) is 0 Å². The molecule has 0 bridgehead atoms. The Morgan fingerprint density at radius 3 is 1.69 bits per heavy atom. The monoisotopic (exact) mass is 489 g/mol. The first-order valence-electron chi connectivity index (χ1n) is 12.4. The lowest BCUT2D eigenvalue weighted by Gasteiger charge is -2.45. The highest BCUT2D eigenvalue weighted by molar-refractivity contribution is 5.69. The molecule has 0 amide bonds. The summed E-state index contributed by atoms with van der Waals surface area (Å²) in [5.74, 6) is -0.0681. The van der Waals surface area contributed by atoms with Gasteiger partial charge in [-0.15, -0.1) is 0 Å². The molecule has 3 unspecified atom stereocenters. The van der Waals surface area contributed by atoms with Crippen LogP contribution in [-0.2, 0) is 43.5 Å². The highest BCUT2D eigenvalue weighted by Crippen LogP contribution is 2.32. The molecule has 0 spiro atoms. The zero-order valence-electron chi connectivity index (χ0n) is 20.9. The second kappa shape index (κ2) is 13.3. The Morgan fingerprint density at radius 2 is 1.19 bits per heavy atom. The third-order valence-corrected chi connectivity index (χ3v) is 6.20. The molecule has 190 valence electrons. The number of hydrogen-bond donors (Lipinski definition) is 1. The van der Waals surface area contributed by atoms with Gasteiger partial charge in [0.15, 0.2) is 5.90 Å². The molecule has 0 aliphatic carbocycles. The van der Waals surface area contributed by atoms with Crippen molar-refractivity contribution in [1.82, 2.24) is 0 Å². The largest absolute Gasteiger partial charge is 0.452 e. The quantitative estimate of drug-likeness (QED) is 0.274. The summed E-state index contributed by atoms with van der Waals surface area (Å²) in [6.45, 7) is 5.26. The van der Waals surface area contributed by atoms with Gasteiger partial charge < -0.3 is 23.7 Å². The summed E-state index contributed by atoms with van der Waals surface area (Å²) in [5.41, 5.74) is 3.24. The third-order valence-electron chi connectivity index (χ3n) is 6.20. The summed E-state index contributed by atoms with van der Waals surface area (Å²) in [4.78, 5) is 0. The van der Waals surface area contributed by atoms with Gasteiger partial charge in [0.1, 0.15) is 12.2 Å². The van der Waals surface area contributed by atoms with Crippen LogP contribution in [0.4, 0.5) is 0 Å². The second-order valence-corrected chi connectivity index (χ2v) is 9.10. The molecule has 1 heterocycles.